The van der Waals surface area contributed by atoms with Crippen LogP contribution < -0.4 is 0 Å². The highest BCUT2D eigenvalue weighted by Gasteiger charge is 2.44. The third-order valence-corrected chi connectivity index (χ3v) is 6.38. The van der Waals surface area contributed by atoms with Gasteiger partial charge in [-0.15, -0.1) is 11.8 Å². The Labute approximate surface area is 148 Å². The summed E-state index contributed by atoms with van der Waals surface area (Å²) in [5, 5.41) is 8.83. The number of carbonyl (C=O) groups excluding carboxylic acids is 1. The largest absolute Gasteiger partial charge is 0.336 e. The summed E-state index contributed by atoms with van der Waals surface area (Å²) in [4.78, 5) is 17.3. The van der Waals surface area contributed by atoms with E-state index in [1.165, 1.54) is 12.0 Å². The number of nitriles is 1. The Hall–Kier alpha value is -1.51. The topological polar surface area (TPSA) is 47.3 Å². The van der Waals surface area contributed by atoms with Gasteiger partial charge in [0.15, 0.2) is 0 Å². The average Bonchev–Trinajstić information content (AvgIpc) is 3.02. The highest BCUT2D eigenvalue weighted by Crippen LogP contribution is 2.38. The lowest BCUT2D eigenvalue weighted by Gasteiger charge is -2.44. The van der Waals surface area contributed by atoms with Gasteiger partial charge in [0.05, 0.1) is 17.4 Å². The van der Waals surface area contributed by atoms with Crippen LogP contribution in [0.1, 0.15) is 36.8 Å². The minimum absolute atomic E-state index is 0.137. The van der Waals surface area contributed by atoms with Crippen LogP contribution in [0.5, 0.6) is 0 Å². The summed E-state index contributed by atoms with van der Waals surface area (Å²) in [5.74, 6) is 1.68. The molecular formula is C19H25N3OS. The van der Waals surface area contributed by atoms with Crippen molar-refractivity contribution in [2.24, 2.45) is 0 Å². The standard InChI is InChI=1S/C19H25N3OS/c1-21-11-8-19(9-12-21)7-2-10-22(19)18(23)15-24-14-17-5-3-16(13-20)4-6-17/h3-6H,2,7-12,14-15H2,1H3. The predicted octanol–water partition coefficient (Wildman–Crippen LogP) is 2.88. The van der Waals surface area contributed by atoms with Crippen molar-refractivity contribution >= 4 is 17.7 Å². The minimum atomic E-state index is 0.137. The first-order valence-corrected chi connectivity index (χ1v) is 9.84. The van der Waals surface area contributed by atoms with E-state index in [9.17, 15) is 4.79 Å². The molecule has 0 aliphatic carbocycles. The number of amides is 1. The molecular weight excluding hydrogens is 318 g/mol. The normalized spacial score (nSPS) is 20.2. The molecule has 0 saturated carbocycles. The Morgan fingerprint density at radius 3 is 2.58 bits per heavy atom. The van der Waals surface area contributed by atoms with E-state index < -0.39 is 0 Å². The van der Waals surface area contributed by atoms with Gasteiger partial charge < -0.3 is 9.80 Å². The van der Waals surface area contributed by atoms with Gasteiger partial charge in [-0.2, -0.15) is 5.26 Å². The van der Waals surface area contributed by atoms with Crippen LogP contribution in [0.3, 0.4) is 0 Å². The van der Waals surface area contributed by atoms with Gasteiger partial charge in [-0.05, 0) is 50.4 Å². The third kappa shape index (κ3) is 3.76. The molecule has 3 rings (SSSR count). The number of nitrogens with zero attached hydrogens (tertiary/aromatic N) is 3. The summed E-state index contributed by atoms with van der Waals surface area (Å²) in [5.41, 5.74) is 1.99. The molecule has 2 saturated heterocycles. The van der Waals surface area contributed by atoms with Crippen LogP contribution in [0.15, 0.2) is 24.3 Å². The van der Waals surface area contributed by atoms with Crippen LogP contribution in [-0.4, -0.2) is 53.7 Å². The molecule has 2 aliphatic heterocycles. The number of rotatable bonds is 4. The fourth-order valence-electron chi connectivity index (χ4n) is 3.89. The summed E-state index contributed by atoms with van der Waals surface area (Å²) in [6, 6.07) is 9.76. The predicted molar refractivity (Wildman–Crippen MR) is 97.7 cm³/mol. The third-order valence-electron chi connectivity index (χ3n) is 5.39. The maximum Gasteiger partial charge on any atom is 0.233 e. The van der Waals surface area contributed by atoms with E-state index in [2.05, 4.69) is 22.9 Å². The molecule has 2 heterocycles. The van der Waals surface area contributed by atoms with Crippen LogP contribution in [0.2, 0.25) is 0 Å². The van der Waals surface area contributed by atoms with Gasteiger partial charge in [-0.25, -0.2) is 0 Å². The van der Waals surface area contributed by atoms with Crippen molar-refractivity contribution in [2.45, 2.75) is 37.0 Å². The lowest BCUT2D eigenvalue weighted by molar-refractivity contribution is -0.134. The molecule has 24 heavy (non-hydrogen) atoms. The maximum absolute atomic E-state index is 12.7. The number of likely N-dealkylation sites (tertiary alicyclic amines) is 2. The van der Waals surface area contributed by atoms with E-state index in [1.54, 1.807) is 11.8 Å². The number of hydrogen-bond donors (Lipinski definition) is 0. The first kappa shape index (κ1) is 17.3. The molecule has 0 N–H and O–H groups in total. The Balaban J connectivity index is 1.51. The number of benzene rings is 1. The molecule has 0 aromatic heterocycles. The zero-order valence-electron chi connectivity index (χ0n) is 14.3. The van der Waals surface area contributed by atoms with Crippen molar-refractivity contribution in [2.75, 3.05) is 32.4 Å². The van der Waals surface area contributed by atoms with Crippen LogP contribution in [-0.2, 0) is 10.5 Å². The molecule has 0 bridgehead atoms. The molecule has 128 valence electrons. The average molecular weight is 343 g/mol. The van der Waals surface area contributed by atoms with Crippen molar-refractivity contribution in [3.8, 4) is 6.07 Å². The number of carbonyl (C=O) groups is 1. The van der Waals surface area contributed by atoms with Gasteiger partial charge in [-0.3, -0.25) is 4.79 Å². The van der Waals surface area contributed by atoms with Crippen LogP contribution in [0.4, 0.5) is 0 Å². The van der Waals surface area contributed by atoms with E-state index in [0.717, 1.165) is 44.6 Å². The van der Waals surface area contributed by atoms with Gasteiger partial charge in [-0.1, -0.05) is 12.1 Å². The molecule has 2 aliphatic rings. The van der Waals surface area contributed by atoms with Crippen molar-refractivity contribution in [3.05, 3.63) is 35.4 Å². The highest BCUT2D eigenvalue weighted by atomic mass is 32.2. The van der Waals surface area contributed by atoms with Crippen LogP contribution in [0, 0.1) is 11.3 Å². The molecule has 0 atom stereocenters. The molecule has 5 heteroatoms. The first-order chi connectivity index (χ1) is 11.6. The fraction of sp³-hybridized carbons (Fsp3) is 0.579. The van der Waals surface area contributed by atoms with E-state index in [4.69, 9.17) is 5.26 Å². The van der Waals surface area contributed by atoms with Crippen LogP contribution >= 0.6 is 11.8 Å². The van der Waals surface area contributed by atoms with E-state index >= 15 is 0 Å². The number of piperidine rings is 1. The smallest absolute Gasteiger partial charge is 0.233 e. The lowest BCUT2D eigenvalue weighted by atomic mass is 9.85. The number of hydrogen-bond acceptors (Lipinski definition) is 4. The van der Waals surface area contributed by atoms with Crippen LogP contribution in [0.25, 0.3) is 0 Å². The van der Waals surface area contributed by atoms with Crippen molar-refractivity contribution in [1.82, 2.24) is 9.80 Å². The molecule has 4 nitrogen and oxygen atoms in total. The molecule has 0 radical (unpaired) electrons. The zero-order chi connectivity index (χ0) is 17.0. The summed E-state index contributed by atoms with van der Waals surface area (Å²) >= 11 is 1.68. The summed E-state index contributed by atoms with van der Waals surface area (Å²) in [7, 11) is 2.17. The fourth-order valence-corrected chi connectivity index (χ4v) is 4.75. The second-order valence-electron chi connectivity index (χ2n) is 6.98. The Bertz CT molecular complexity index is 614. The molecule has 0 unspecified atom stereocenters. The van der Waals surface area contributed by atoms with Crippen molar-refractivity contribution < 1.29 is 4.79 Å². The SMILES string of the molecule is CN1CCC2(CCCN2C(=O)CSCc2ccc(C#N)cc2)CC1. The van der Waals surface area contributed by atoms with Gasteiger partial charge in [0, 0.05) is 30.9 Å². The molecule has 1 amide bonds. The highest BCUT2D eigenvalue weighted by molar-refractivity contribution is 7.99. The Kier molecular flexibility index (Phi) is 5.47. The quantitative estimate of drug-likeness (QED) is 0.843. The van der Waals surface area contributed by atoms with Gasteiger partial charge in [0.2, 0.25) is 5.91 Å². The Morgan fingerprint density at radius 2 is 1.92 bits per heavy atom. The van der Waals surface area contributed by atoms with E-state index in [1.807, 2.05) is 24.3 Å². The number of thioether (sulfide) groups is 1. The second kappa shape index (κ2) is 7.58. The van der Waals surface area contributed by atoms with Gasteiger partial charge in [0.1, 0.15) is 0 Å². The summed E-state index contributed by atoms with van der Waals surface area (Å²) in [6.07, 6.45) is 4.56. The first-order valence-electron chi connectivity index (χ1n) is 8.69. The second-order valence-corrected chi connectivity index (χ2v) is 7.96. The summed E-state index contributed by atoms with van der Waals surface area (Å²) < 4.78 is 0. The molecule has 2 fully saturated rings. The van der Waals surface area contributed by atoms with E-state index in [0.29, 0.717) is 17.2 Å². The minimum Gasteiger partial charge on any atom is -0.336 e. The van der Waals surface area contributed by atoms with E-state index in [-0.39, 0.29) is 5.54 Å². The van der Waals surface area contributed by atoms with Crippen molar-refractivity contribution in [3.63, 3.8) is 0 Å². The maximum atomic E-state index is 12.7. The van der Waals surface area contributed by atoms with Crippen molar-refractivity contribution in [1.29, 1.82) is 5.26 Å². The molecule has 1 spiro atoms. The molecule has 1 aromatic rings. The molecule has 1 aromatic carbocycles. The van der Waals surface area contributed by atoms with Gasteiger partial charge >= 0.3 is 0 Å². The van der Waals surface area contributed by atoms with Gasteiger partial charge in [0.25, 0.3) is 0 Å². The zero-order valence-corrected chi connectivity index (χ0v) is 15.1. The lowest BCUT2D eigenvalue weighted by Crippen LogP contribution is -2.53. The summed E-state index contributed by atoms with van der Waals surface area (Å²) in [6.45, 7) is 3.13. The monoisotopic (exact) mass is 343 g/mol. The Morgan fingerprint density at radius 1 is 1.21 bits per heavy atom.